The van der Waals surface area contributed by atoms with Crippen LogP contribution in [0.4, 0.5) is 0 Å². The van der Waals surface area contributed by atoms with Gasteiger partial charge in [0.25, 0.3) is 0 Å². The molecule has 1 fully saturated rings. The highest BCUT2D eigenvalue weighted by atomic mass is 16.5. The minimum absolute atomic E-state index is 0.00760. The number of allylic oxidation sites excluding steroid dienone is 19. The van der Waals surface area contributed by atoms with Gasteiger partial charge in [-0.3, -0.25) is 24.5 Å². The zero-order valence-corrected chi connectivity index (χ0v) is 36.4. The van der Waals surface area contributed by atoms with Gasteiger partial charge < -0.3 is 10.1 Å². The van der Waals surface area contributed by atoms with E-state index in [2.05, 4.69) is 134 Å². The van der Waals surface area contributed by atoms with Gasteiger partial charge in [0, 0.05) is 31.2 Å². The van der Waals surface area contributed by atoms with Crippen LogP contribution in [0, 0.1) is 10.8 Å². The second-order valence-corrected chi connectivity index (χ2v) is 15.3. The summed E-state index contributed by atoms with van der Waals surface area (Å²) in [5, 5.41) is 5.26. The molecule has 0 aromatic heterocycles. The molecule has 0 aliphatic heterocycles. The minimum Gasteiger partial charge on any atom is -0.465 e. The molecule has 1 rings (SSSR count). The minimum atomic E-state index is -0.629. The summed E-state index contributed by atoms with van der Waals surface area (Å²) in [5.74, 6) is -1.18. The van der Waals surface area contributed by atoms with E-state index in [4.69, 9.17) is 4.74 Å². The molecule has 0 aromatic rings. The molecule has 0 radical (unpaired) electrons. The molecule has 0 saturated heterocycles. The lowest BCUT2D eigenvalue weighted by Gasteiger charge is -2.33. The number of carbonyl (C=O) groups excluding carboxylic acids is 4. The summed E-state index contributed by atoms with van der Waals surface area (Å²) in [5.41, 5.74) is -1.17. The van der Waals surface area contributed by atoms with Crippen LogP contribution in [0.15, 0.2) is 122 Å². The van der Waals surface area contributed by atoms with Gasteiger partial charge in [-0.05, 0) is 103 Å². The normalized spacial score (nSPS) is 14.8. The second-order valence-electron chi connectivity index (χ2n) is 15.3. The molecular formula is C51H76N2O5. The summed E-state index contributed by atoms with van der Waals surface area (Å²) < 4.78 is 5.62. The number of rotatable bonds is 33. The maximum Gasteiger partial charge on any atom is 0.305 e. The van der Waals surface area contributed by atoms with Gasteiger partial charge in [-0.2, -0.15) is 0 Å². The van der Waals surface area contributed by atoms with Crippen LogP contribution in [0.5, 0.6) is 0 Å². The Labute approximate surface area is 352 Å². The zero-order valence-electron chi connectivity index (χ0n) is 36.4. The van der Waals surface area contributed by atoms with Crippen LogP contribution in [0.25, 0.3) is 0 Å². The zero-order chi connectivity index (χ0) is 42.4. The van der Waals surface area contributed by atoms with Crippen LogP contribution in [-0.2, 0) is 23.9 Å². The summed E-state index contributed by atoms with van der Waals surface area (Å²) in [6.07, 6.45) is 58.0. The summed E-state index contributed by atoms with van der Waals surface area (Å²) >= 11 is 0. The Kier molecular flexibility index (Phi) is 30.6. The predicted molar refractivity (Wildman–Crippen MR) is 244 cm³/mol. The predicted octanol–water partition coefficient (Wildman–Crippen LogP) is 12.3. The van der Waals surface area contributed by atoms with Gasteiger partial charge in [-0.1, -0.05) is 149 Å². The van der Waals surface area contributed by atoms with E-state index in [-0.39, 0.29) is 43.8 Å². The van der Waals surface area contributed by atoms with Gasteiger partial charge in [0.05, 0.1) is 12.0 Å². The summed E-state index contributed by atoms with van der Waals surface area (Å²) in [6.45, 7) is 8.49. The van der Waals surface area contributed by atoms with Crippen LogP contribution in [0.1, 0.15) is 150 Å². The molecular weight excluding hydrogens is 721 g/mol. The van der Waals surface area contributed by atoms with Crippen LogP contribution >= 0.6 is 0 Å². The number of imide groups is 1. The topological polar surface area (TPSA) is 102 Å². The summed E-state index contributed by atoms with van der Waals surface area (Å²) in [6, 6.07) is 0. The van der Waals surface area contributed by atoms with Gasteiger partial charge in [0.2, 0.25) is 17.7 Å². The van der Waals surface area contributed by atoms with Crippen LogP contribution < -0.4 is 10.6 Å². The highest BCUT2D eigenvalue weighted by Crippen LogP contribution is 2.58. The lowest BCUT2D eigenvalue weighted by Crippen LogP contribution is -2.44. The van der Waals surface area contributed by atoms with Crippen molar-refractivity contribution < 1.29 is 23.9 Å². The number of hydrogen-bond donors (Lipinski definition) is 2. The van der Waals surface area contributed by atoms with Crippen LogP contribution in [-0.4, -0.2) is 36.8 Å². The maximum absolute atomic E-state index is 13.2. The van der Waals surface area contributed by atoms with E-state index < -0.39 is 16.7 Å². The quantitative estimate of drug-likeness (QED) is 0.0391. The standard InChI is InChI=1S/C51H76N2O5/c1-5-7-9-11-13-15-17-19-21-23-24-25-27-29-31-33-35-37-39-46(54)53-47(55)41-44-52-49(57)51(42-43-51)50(3,4)45-58-48(56)40-38-36-34-32-30-28-26-22-20-18-16-14-12-10-8-6-2/h7-10,13-16,19-22,24-25,29,31-32,34-35,37H,5-6,11-12,17-18,23,26-28,30,33,36,38-45H2,1-4H3,(H,52,57)(H,53,54,55)/b9-7-,10-8-,15-13-,16-14-,21-19-,22-20-,25-24-,31-29-,34-32+,37-35-. The second kappa shape index (κ2) is 34.5. The van der Waals surface area contributed by atoms with E-state index in [1.807, 2.05) is 19.9 Å². The number of esters is 1. The van der Waals surface area contributed by atoms with E-state index in [9.17, 15) is 19.2 Å². The molecule has 0 unspecified atom stereocenters. The Morgan fingerprint density at radius 1 is 0.534 bits per heavy atom. The molecule has 0 aromatic carbocycles. The first kappa shape index (κ1) is 51.5. The molecule has 0 spiro atoms. The van der Waals surface area contributed by atoms with Crippen molar-refractivity contribution in [2.24, 2.45) is 10.8 Å². The molecule has 0 heterocycles. The molecule has 7 nitrogen and oxygen atoms in total. The molecule has 58 heavy (non-hydrogen) atoms. The lowest BCUT2D eigenvalue weighted by atomic mass is 9.75. The molecule has 1 saturated carbocycles. The average molecular weight is 797 g/mol. The van der Waals surface area contributed by atoms with E-state index in [1.165, 1.54) is 0 Å². The number of hydrogen-bond acceptors (Lipinski definition) is 5. The maximum atomic E-state index is 13.2. The Hall–Kier alpha value is -4.52. The van der Waals surface area contributed by atoms with E-state index in [0.29, 0.717) is 25.7 Å². The van der Waals surface area contributed by atoms with Crippen molar-refractivity contribution in [3.8, 4) is 0 Å². The van der Waals surface area contributed by atoms with Gasteiger partial charge >= 0.3 is 5.97 Å². The molecule has 7 heteroatoms. The van der Waals surface area contributed by atoms with Gasteiger partial charge in [-0.25, -0.2) is 0 Å². The SMILES string of the molecule is CC/C=C\C/C=C\C/C=C\C/C=C\C/C=C\C/C=C\CC(=O)NC(=O)CCNC(=O)C1(C(C)(C)COC(=O)CCC/C=C/CCC/C=C\C/C=C\C/C=C\CC)CC1. The number of nitrogens with one attached hydrogen (secondary N) is 2. The molecule has 0 atom stereocenters. The fourth-order valence-electron chi connectivity index (χ4n) is 6.03. The molecule has 1 aliphatic rings. The molecule has 3 amide bonds. The fraction of sp³-hybridized carbons (Fsp3) is 0.529. The lowest BCUT2D eigenvalue weighted by molar-refractivity contribution is -0.151. The van der Waals surface area contributed by atoms with Crippen molar-refractivity contribution in [2.75, 3.05) is 13.2 Å². The number of amides is 3. The van der Waals surface area contributed by atoms with Crippen molar-refractivity contribution in [3.63, 3.8) is 0 Å². The first-order valence-corrected chi connectivity index (χ1v) is 21.9. The van der Waals surface area contributed by atoms with E-state index in [0.717, 1.165) is 83.5 Å². The van der Waals surface area contributed by atoms with E-state index in [1.54, 1.807) is 6.08 Å². The Balaban J connectivity index is 2.16. The summed E-state index contributed by atoms with van der Waals surface area (Å²) in [4.78, 5) is 50.1. The highest BCUT2D eigenvalue weighted by Gasteiger charge is 2.60. The van der Waals surface area contributed by atoms with Crippen molar-refractivity contribution in [2.45, 2.75) is 150 Å². The largest absolute Gasteiger partial charge is 0.465 e. The molecule has 2 N–H and O–H groups in total. The average Bonchev–Trinajstić information content (AvgIpc) is 4.03. The Morgan fingerprint density at radius 2 is 0.948 bits per heavy atom. The van der Waals surface area contributed by atoms with Crippen molar-refractivity contribution in [1.82, 2.24) is 10.6 Å². The number of carbonyl (C=O) groups is 4. The van der Waals surface area contributed by atoms with Crippen molar-refractivity contribution in [1.29, 1.82) is 0 Å². The number of unbranched alkanes of at least 4 members (excludes halogenated alkanes) is 3. The summed E-state index contributed by atoms with van der Waals surface area (Å²) in [7, 11) is 0. The van der Waals surface area contributed by atoms with Crippen molar-refractivity contribution >= 4 is 23.7 Å². The third kappa shape index (κ3) is 27.2. The molecule has 0 bridgehead atoms. The monoisotopic (exact) mass is 797 g/mol. The van der Waals surface area contributed by atoms with Gasteiger partial charge in [-0.15, -0.1) is 0 Å². The van der Waals surface area contributed by atoms with E-state index >= 15 is 0 Å². The highest BCUT2D eigenvalue weighted by molar-refractivity contribution is 5.96. The first-order chi connectivity index (χ1) is 28.2. The smallest absolute Gasteiger partial charge is 0.305 e. The Morgan fingerprint density at radius 3 is 1.41 bits per heavy atom. The fourth-order valence-corrected chi connectivity index (χ4v) is 6.03. The van der Waals surface area contributed by atoms with Crippen LogP contribution in [0.2, 0.25) is 0 Å². The molecule has 1 aliphatic carbocycles. The van der Waals surface area contributed by atoms with Gasteiger partial charge in [0.15, 0.2) is 0 Å². The third-order valence-electron chi connectivity index (χ3n) is 9.83. The van der Waals surface area contributed by atoms with Gasteiger partial charge in [0.1, 0.15) is 0 Å². The molecule has 320 valence electrons. The number of ether oxygens (including phenoxy) is 1. The Bertz CT molecular complexity index is 1460. The third-order valence-corrected chi connectivity index (χ3v) is 9.83. The van der Waals surface area contributed by atoms with Crippen LogP contribution in [0.3, 0.4) is 0 Å². The van der Waals surface area contributed by atoms with Crippen molar-refractivity contribution in [3.05, 3.63) is 122 Å². The first-order valence-electron chi connectivity index (χ1n) is 21.9.